The number of halogens is 3. The van der Waals surface area contributed by atoms with Gasteiger partial charge in [-0.3, -0.25) is 9.69 Å². The molecule has 1 unspecified atom stereocenters. The number of ether oxygens (including phenoxy) is 2. The number of hydrogen-bond donors (Lipinski definition) is 1. The van der Waals surface area contributed by atoms with Gasteiger partial charge in [0.25, 0.3) is 0 Å². The number of pyridine rings is 1. The van der Waals surface area contributed by atoms with E-state index in [-0.39, 0.29) is 18.9 Å². The summed E-state index contributed by atoms with van der Waals surface area (Å²) in [5, 5.41) is 9.30. The Hall–Kier alpha value is -3.01. The molecule has 1 atom stereocenters. The van der Waals surface area contributed by atoms with Crippen LogP contribution in [0.2, 0.25) is 0 Å². The van der Waals surface area contributed by atoms with Crippen molar-refractivity contribution in [2.75, 3.05) is 45.3 Å². The first-order chi connectivity index (χ1) is 18.1. The van der Waals surface area contributed by atoms with Crippen LogP contribution in [0.15, 0.2) is 36.5 Å². The SMILES string of the molecule is COc1ccc(CN(C)CC(F)(F)F)c(N2CCC(COc3cc(C(CC(=O)O)C4CC4)ccn3)CC2)c1. The van der Waals surface area contributed by atoms with Crippen LogP contribution in [0.4, 0.5) is 18.9 Å². The molecule has 0 bridgehead atoms. The molecule has 1 aromatic carbocycles. The summed E-state index contributed by atoms with van der Waals surface area (Å²) in [6.45, 7) is 1.25. The van der Waals surface area contributed by atoms with Crippen molar-refractivity contribution in [3.8, 4) is 11.6 Å². The molecular weight excluding hydrogens is 499 g/mol. The van der Waals surface area contributed by atoms with Crippen LogP contribution in [-0.2, 0) is 11.3 Å². The predicted octanol–water partition coefficient (Wildman–Crippen LogP) is 5.35. The van der Waals surface area contributed by atoms with Crippen LogP contribution in [0.3, 0.4) is 0 Å². The number of carboxylic acid groups (broad SMARTS) is 1. The third-order valence-corrected chi connectivity index (χ3v) is 7.38. The predicted molar refractivity (Wildman–Crippen MR) is 138 cm³/mol. The van der Waals surface area contributed by atoms with Gasteiger partial charge in [-0.1, -0.05) is 6.07 Å². The molecule has 1 aliphatic carbocycles. The monoisotopic (exact) mass is 535 g/mol. The summed E-state index contributed by atoms with van der Waals surface area (Å²) >= 11 is 0. The molecule has 2 aliphatic rings. The number of rotatable bonds is 12. The summed E-state index contributed by atoms with van der Waals surface area (Å²) in [4.78, 5) is 19.1. The highest BCUT2D eigenvalue weighted by Crippen LogP contribution is 2.45. The summed E-state index contributed by atoms with van der Waals surface area (Å²) in [6.07, 6.45) is 1.42. The number of benzene rings is 1. The molecule has 2 fully saturated rings. The summed E-state index contributed by atoms with van der Waals surface area (Å²) in [7, 11) is 3.05. The fourth-order valence-corrected chi connectivity index (χ4v) is 5.27. The van der Waals surface area contributed by atoms with Crippen LogP contribution in [0.25, 0.3) is 0 Å². The van der Waals surface area contributed by atoms with Crippen molar-refractivity contribution in [2.24, 2.45) is 11.8 Å². The molecule has 10 heteroatoms. The van der Waals surface area contributed by atoms with E-state index < -0.39 is 18.7 Å². The Morgan fingerprint density at radius 1 is 1.18 bits per heavy atom. The molecule has 0 amide bonds. The van der Waals surface area contributed by atoms with Gasteiger partial charge >= 0.3 is 12.1 Å². The van der Waals surface area contributed by atoms with Gasteiger partial charge in [-0.25, -0.2) is 4.98 Å². The molecule has 38 heavy (non-hydrogen) atoms. The van der Waals surface area contributed by atoms with Gasteiger partial charge in [-0.15, -0.1) is 0 Å². The van der Waals surface area contributed by atoms with Crippen LogP contribution in [-0.4, -0.2) is 67.5 Å². The summed E-state index contributed by atoms with van der Waals surface area (Å²) in [6, 6.07) is 9.28. The number of methoxy groups -OCH3 is 1. The molecule has 1 N–H and O–H groups in total. The number of carbonyl (C=O) groups is 1. The maximum absolute atomic E-state index is 12.9. The number of hydrogen-bond acceptors (Lipinski definition) is 6. The maximum Gasteiger partial charge on any atom is 0.401 e. The molecule has 7 nitrogen and oxygen atoms in total. The van der Waals surface area contributed by atoms with Gasteiger partial charge in [0.05, 0.1) is 26.7 Å². The minimum atomic E-state index is -4.25. The second-order valence-corrected chi connectivity index (χ2v) is 10.5. The largest absolute Gasteiger partial charge is 0.497 e. The van der Waals surface area contributed by atoms with Crippen molar-refractivity contribution in [1.29, 1.82) is 0 Å². The van der Waals surface area contributed by atoms with Gasteiger partial charge in [-0.05, 0) is 73.7 Å². The number of aliphatic carboxylic acids is 1. The van der Waals surface area contributed by atoms with E-state index in [2.05, 4.69) is 9.88 Å². The van der Waals surface area contributed by atoms with Crippen molar-refractivity contribution in [3.05, 3.63) is 47.7 Å². The van der Waals surface area contributed by atoms with Crippen molar-refractivity contribution in [1.82, 2.24) is 9.88 Å². The average Bonchev–Trinajstić information content (AvgIpc) is 3.71. The molecule has 208 valence electrons. The first-order valence-corrected chi connectivity index (χ1v) is 13.1. The third-order valence-electron chi connectivity index (χ3n) is 7.38. The number of aromatic nitrogens is 1. The summed E-state index contributed by atoms with van der Waals surface area (Å²) < 4.78 is 50.0. The molecular formula is C28H36F3N3O4. The molecule has 1 saturated heterocycles. The fraction of sp³-hybridized carbons (Fsp3) is 0.571. The topological polar surface area (TPSA) is 75.1 Å². The second kappa shape index (κ2) is 12.2. The minimum absolute atomic E-state index is 0.00618. The van der Waals surface area contributed by atoms with Crippen LogP contribution >= 0.6 is 0 Å². The highest BCUT2D eigenvalue weighted by molar-refractivity contribution is 5.68. The number of piperidine rings is 1. The van der Waals surface area contributed by atoms with E-state index >= 15 is 0 Å². The maximum atomic E-state index is 12.9. The molecule has 1 saturated carbocycles. The Morgan fingerprint density at radius 3 is 2.55 bits per heavy atom. The zero-order valence-electron chi connectivity index (χ0n) is 21.9. The number of carboxylic acids is 1. The molecule has 4 rings (SSSR count). The quantitative estimate of drug-likeness (QED) is 0.393. The van der Waals surface area contributed by atoms with Crippen molar-refractivity contribution >= 4 is 11.7 Å². The standard InChI is InChI=1S/C28H36F3N3O4/c1-33(18-28(29,30)31)16-22-5-6-23(37-2)14-25(22)34-11-8-19(9-12-34)17-38-26-13-21(7-10-32-26)24(15-27(35)36)20-3-4-20/h5-7,10,13-14,19-20,24H,3-4,8-9,11-12,15-18H2,1-2H3,(H,35,36). The first kappa shape index (κ1) is 28.0. The first-order valence-electron chi connectivity index (χ1n) is 13.1. The van der Waals surface area contributed by atoms with E-state index in [9.17, 15) is 23.1 Å². The van der Waals surface area contributed by atoms with Crippen LogP contribution < -0.4 is 14.4 Å². The van der Waals surface area contributed by atoms with Crippen LogP contribution in [0.1, 0.15) is 49.1 Å². The lowest BCUT2D eigenvalue weighted by molar-refractivity contribution is -0.144. The van der Waals surface area contributed by atoms with E-state index in [1.807, 2.05) is 24.3 Å². The minimum Gasteiger partial charge on any atom is -0.497 e. The van der Waals surface area contributed by atoms with Gasteiger partial charge in [0, 0.05) is 43.7 Å². The zero-order chi connectivity index (χ0) is 27.3. The Bertz CT molecular complexity index is 1090. The van der Waals surface area contributed by atoms with Gasteiger partial charge in [0.15, 0.2) is 0 Å². The molecule has 1 aliphatic heterocycles. The Morgan fingerprint density at radius 2 is 1.92 bits per heavy atom. The Balaban J connectivity index is 1.34. The Kier molecular flexibility index (Phi) is 9.02. The van der Waals surface area contributed by atoms with Gasteiger partial charge in [0.2, 0.25) is 5.88 Å². The lowest BCUT2D eigenvalue weighted by Gasteiger charge is -2.35. The van der Waals surface area contributed by atoms with Gasteiger partial charge in [-0.2, -0.15) is 13.2 Å². The van der Waals surface area contributed by atoms with E-state index in [1.54, 1.807) is 19.4 Å². The molecule has 2 heterocycles. The van der Waals surface area contributed by atoms with Crippen molar-refractivity contribution in [2.45, 2.75) is 50.7 Å². The molecule has 2 aromatic rings. The average molecular weight is 536 g/mol. The van der Waals surface area contributed by atoms with Gasteiger partial charge < -0.3 is 19.5 Å². The molecule has 0 radical (unpaired) electrons. The van der Waals surface area contributed by atoms with Crippen LogP contribution in [0.5, 0.6) is 11.6 Å². The number of nitrogens with zero attached hydrogens (tertiary/aromatic N) is 3. The highest BCUT2D eigenvalue weighted by Gasteiger charge is 2.34. The zero-order valence-corrected chi connectivity index (χ0v) is 21.9. The normalized spacial score (nSPS) is 17.5. The van der Waals surface area contributed by atoms with E-state index in [0.29, 0.717) is 30.1 Å². The number of anilines is 1. The van der Waals surface area contributed by atoms with Crippen molar-refractivity contribution in [3.63, 3.8) is 0 Å². The van der Waals surface area contributed by atoms with E-state index in [4.69, 9.17) is 9.47 Å². The lowest BCUT2D eigenvalue weighted by Crippen LogP contribution is -2.37. The van der Waals surface area contributed by atoms with E-state index in [0.717, 1.165) is 55.6 Å². The smallest absolute Gasteiger partial charge is 0.401 e. The van der Waals surface area contributed by atoms with Gasteiger partial charge in [0.1, 0.15) is 5.75 Å². The lowest BCUT2D eigenvalue weighted by atomic mass is 9.92. The van der Waals surface area contributed by atoms with E-state index in [1.165, 1.54) is 11.9 Å². The highest BCUT2D eigenvalue weighted by atomic mass is 19.4. The molecule has 1 aromatic heterocycles. The second-order valence-electron chi connectivity index (χ2n) is 10.5. The van der Waals surface area contributed by atoms with Crippen molar-refractivity contribution < 1.29 is 32.5 Å². The summed E-state index contributed by atoms with van der Waals surface area (Å²) in [5.74, 6) is 1.12. The number of alkyl halides is 3. The molecule has 0 spiro atoms. The summed E-state index contributed by atoms with van der Waals surface area (Å²) in [5.41, 5.74) is 2.70. The van der Waals surface area contributed by atoms with Crippen LogP contribution in [0, 0.1) is 11.8 Å². The fourth-order valence-electron chi connectivity index (χ4n) is 5.27. The third kappa shape index (κ3) is 7.99. The Labute approximate surface area is 221 Å².